The van der Waals surface area contributed by atoms with E-state index in [9.17, 15) is 8.78 Å². The van der Waals surface area contributed by atoms with E-state index in [-0.39, 0.29) is 0 Å². The lowest BCUT2D eigenvalue weighted by Gasteiger charge is -2.12. The van der Waals surface area contributed by atoms with Crippen molar-refractivity contribution in [3.8, 4) is 0 Å². The van der Waals surface area contributed by atoms with Gasteiger partial charge in [-0.05, 0) is 13.3 Å². The maximum absolute atomic E-state index is 12.0. The van der Waals surface area contributed by atoms with Gasteiger partial charge in [-0.1, -0.05) is 13.3 Å². The zero-order valence-electron chi connectivity index (χ0n) is 8.35. The summed E-state index contributed by atoms with van der Waals surface area (Å²) in [6, 6.07) is -0.741. The SMILES string of the molecule is CCCCOCCNC(C)C(F)F. The Balaban J connectivity index is 3.07. The van der Waals surface area contributed by atoms with Crippen LogP contribution in [-0.2, 0) is 4.74 Å². The van der Waals surface area contributed by atoms with Crippen LogP contribution in [0.1, 0.15) is 26.7 Å². The van der Waals surface area contributed by atoms with Gasteiger partial charge < -0.3 is 10.1 Å². The highest BCUT2D eigenvalue weighted by atomic mass is 19.3. The summed E-state index contributed by atoms with van der Waals surface area (Å²) in [5.41, 5.74) is 0. The van der Waals surface area contributed by atoms with Crippen LogP contribution in [0.3, 0.4) is 0 Å². The molecule has 0 bridgehead atoms. The molecule has 0 saturated carbocycles. The summed E-state index contributed by atoms with van der Waals surface area (Å²) < 4.78 is 29.1. The van der Waals surface area contributed by atoms with Gasteiger partial charge in [0.1, 0.15) is 0 Å². The van der Waals surface area contributed by atoms with E-state index in [0.717, 1.165) is 19.4 Å². The lowest BCUT2D eigenvalue weighted by atomic mass is 10.3. The molecule has 0 heterocycles. The number of nitrogens with one attached hydrogen (secondary N) is 1. The Morgan fingerprint density at radius 3 is 2.54 bits per heavy atom. The Bertz CT molecular complexity index is 112. The van der Waals surface area contributed by atoms with Gasteiger partial charge >= 0.3 is 0 Å². The van der Waals surface area contributed by atoms with E-state index in [1.165, 1.54) is 6.92 Å². The third-order valence-electron chi connectivity index (χ3n) is 1.73. The van der Waals surface area contributed by atoms with Gasteiger partial charge in [0.2, 0.25) is 0 Å². The summed E-state index contributed by atoms with van der Waals surface area (Å²) in [6.45, 7) is 5.28. The van der Waals surface area contributed by atoms with Crippen molar-refractivity contribution >= 4 is 0 Å². The molecule has 1 unspecified atom stereocenters. The van der Waals surface area contributed by atoms with Crippen LogP contribution in [-0.4, -0.2) is 32.2 Å². The van der Waals surface area contributed by atoms with E-state index in [0.29, 0.717) is 13.2 Å². The molecule has 0 aromatic heterocycles. The molecule has 0 rings (SSSR count). The number of hydrogen-bond acceptors (Lipinski definition) is 2. The molecule has 0 fully saturated rings. The molecule has 0 aromatic carbocycles. The molecule has 0 aromatic rings. The van der Waals surface area contributed by atoms with Crippen molar-refractivity contribution in [2.75, 3.05) is 19.8 Å². The van der Waals surface area contributed by atoms with E-state index in [4.69, 9.17) is 4.74 Å². The average Bonchev–Trinajstić information content (AvgIpc) is 2.10. The molecule has 0 saturated heterocycles. The van der Waals surface area contributed by atoms with Crippen molar-refractivity contribution < 1.29 is 13.5 Å². The van der Waals surface area contributed by atoms with E-state index >= 15 is 0 Å². The van der Waals surface area contributed by atoms with Gasteiger partial charge in [0.15, 0.2) is 0 Å². The molecule has 0 spiro atoms. The standard InChI is InChI=1S/C9H19F2NO/c1-3-4-6-13-7-5-12-8(2)9(10)11/h8-9,12H,3-7H2,1-2H3. The summed E-state index contributed by atoms with van der Waals surface area (Å²) in [5.74, 6) is 0. The minimum atomic E-state index is -2.30. The molecular formula is C9H19F2NO. The molecule has 1 atom stereocenters. The minimum absolute atomic E-state index is 0.495. The third kappa shape index (κ3) is 8.12. The summed E-state index contributed by atoms with van der Waals surface area (Å²) >= 11 is 0. The van der Waals surface area contributed by atoms with Crippen LogP contribution in [0.2, 0.25) is 0 Å². The quantitative estimate of drug-likeness (QED) is 0.598. The van der Waals surface area contributed by atoms with Gasteiger partial charge in [0.05, 0.1) is 12.6 Å². The predicted molar refractivity (Wildman–Crippen MR) is 49.2 cm³/mol. The fourth-order valence-electron chi connectivity index (χ4n) is 0.796. The molecular weight excluding hydrogens is 176 g/mol. The van der Waals surface area contributed by atoms with Crippen molar-refractivity contribution in [2.24, 2.45) is 0 Å². The number of unbranched alkanes of at least 4 members (excludes halogenated alkanes) is 1. The zero-order chi connectivity index (χ0) is 10.1. The van der Waals surface area contributed by atoms with Crippen LogP contribution in [0.5, 0.6) is 0 Å². The maximum atomic E-state index is 12.0. The lowest BCUT2D eigenvalue weighted by Crippen LogP contribution is -2.34. The monoisotopic (exact) mass is 195 g/mol. The van der Waals surface area contributed by atoms with Crippen molar-refractivity contribution in [3.05, 3.63) is 0 Å². The Hall–Kier alpha value is -0.220. The zero-order valence-corrected chi connectivity index (χ0v) is 8.35. The van der Waals surface area contributed by atoms with Crippen LogP contribution in [0, 0.1) is 0 Å². The Kier molecular flexibility index (Phi) is 8.24. The first-order valence-corrected chi connectivity index (χ1v) is 4.77. The Labute approximate surface area is 78.7 Å². The molecule has 0 radical (unpaired) electrons. The molecule has 80 valence electrons. The van der Waals surface area contributed by atoms with Gasteiger partial charge in [-0.3, -0.25) is 0 Å². The Morgan fingerprint density at radius 1 is 1.31 bits per heavy atom. The van der Waals surface area contributed by atoms with Gasteiger partial charge in [-0.25, -0.2) is 8.78 Å². The van der Waals surface area contributed by atoms with Gasteiger partial charge in [-0.2, -0.15) is 0 Å². The highest BCUT2D eigenvalue weighted by Crippen LogP contribution is 1.98. The van der Waals surface area contributed by atoms with Crippen LogP contribution in [0.15, 0.2) is 0 Å². The normalized spacial score (nSPS) is 13.6. The van der Waals surface area contributed by atoms with Crippen molar-refractivity contribution in [1.29, 1.82) is 0 Å². The van der Waals surface area contributed by atoms with E-state index < -0.39 is 12.5 Å². The molecule has 0 amide bonds. The van der Waals surface area contributed by atoms with Crippen LogP contribution in [0.4, 0.5) is 8.78 Å². The summed E-state index contributed by atoms with van der Waals surface area (Å²) in [4.78, 5) is 0. The van der Waals surface area contributed by atoms with Crippen molar-refractivity contribution in [3.63, 3.8) is 0 Å². The molecule has 13 heavy (non-hydrogen) atoms. The first kappa shape index (κ1) is 12.8. The van der Waals surface area contributed by atoms with E-state index in [1.807, 2.05) is 0 Å². The van der Waals surface area contributed by atoms with Crippen molar-refractivity contribution in [1.82, 2.24) is 5.32 Å². The van der Waals surface area contributed by atoms with E-state index in [1.54, 1.807) is 0 Å². The highest BCUT2D eigenvalue weighted by molar-refractivity contribution is 4.61. The van der Waals surface area contributed by atoms with Gasteiger partial charge in [-0.15, -0.1) is 0 Å². The summed E-state index contributed by atoms with van der Waals surface area (Å²) in [5, 5.41) is 2.68. The topological polar surface area (TPSA) is 21.3 Å². The fraction of sp³-hybridized carbons (Fsp3) is 1.00. The van der Waals surface area contributed by atoms with Crippen LogP contribution in [0.25, 0.3) is 0 Å². The lowest BCUT2D eigenvalue weighted by molar-refractivity contribution is 0.0917. The Morgan fingerprint density at radius 2 is 2.00 bits per heavy atom. The smallest absolute Gasteiger partial charge is 0.253 e. The van der Waals surface area contributed by atoms with Gasteiger partial charge in [0, 0.05) is 13.2 Å². The molecule has 0 aliphatic heterocycles. The average molecular weight is 195 g/mol. The molecule has 0 aliphatic carbocycles. The maximum Gasteiger partial charge on any atom is 0.253 e. The van der Waals surface area contributed by atoms with Crippen LogP contribution >= 0.6 is 0 Å². The largest absolute Gasteiger partial charge is 0.380 e. The minimum Gasteiger partial charge on any atom is -0.380 e. The van der Waals surface area contributed by atoms with Crippen LogP contribution < -0.4 is 5.32 Å². The number of alkyl halides is 2. The first-order chi connectivity index (χ1) is 6.18. The molecule has 4 heteroatoms. The fourth-order valence-corrected chi connectivity index (χ4v) is 0.796. The summed E-state index contributed by atoms with van der Waals surface area (Å²) in [7, 11) is 0. The third-order valence-corrected chi connectivity index (χ3v) is 1.73. The van der Waals surface area contributed by atoms with E-state index in [2.05, 4.69) is 12.2 Å². The second-order valence-corrected chi connectivity index (χ2v) is 3.04. The first-order valence-electron chi connectivity index (χ1n) is 4.77. The number of halogens is 2. The molecule has 2 nitrogen and oxygen atoms in total. The number of hydrogen-bond donors (Lipinski definition) is 1. The molecule has 1 N–H and O–H groups in total. The second-order valence-electron chi connectivity index (χ2n) is 3.04. The number of ether oxygens (including phenoxy) is 1. The molecule has 0 aliphatic rings. The number of rotatable bonds is 8. The van der Waals surface area contributed by atoms with Crippen molar-refractivity contribution in [2.45, 2.75) is 39.2 Å². The summed E-state index contributed by atoms with van der Waals surface area (Å²) in [6.07, 6.45) is -0.165. The van der Waals surface area contributed by atoms with Gasteiger partial charge in [0.25, 0.3) is 6.43 Å². The predicted octanol–water partition coefficient (Wildman–Crippen LogP) is 2.05. The second kappa shape index (κ2) is 8.38. The highest BCUT2D eigenvalue weighted by Gasteiger charge is 2.12.